The highest BCUT2D eigenvalue weighted by Crippen LogP contribution is 2.35. The van der Waals surface area contributed by atoms with Gasteiger partial charge in [-0.3, -0.25) is 9.59 Å². The molecule has 0 saturated carbocycles. The van der Waals surface area contributed by atoms with Gasteiger partial charge in [0.2, 0.25) is 6.41 Å². The molecule has 1 unspecified atom stereocenters. The summed E-state index contributed by atoms with van der Waals surface area (Å²) in [6.07, 6.45) is 0.142. The minimum Gasteiger partial charge on any atom is -0.461 e. The Kier molecular flexibility index (Phi) is 8.83. The van der Waals surface area contributed by atoms with E-state index in [0.29, 0.717) is 20.8 Å². The minimum atomic E-state index is -1.93. The molecular weight excluding hydrogens is 530 g/mol. The summed E-state index contributed by atoms with van der Waals surface area (Å²) in [7, 11) is 0. The lowest BCUT2D eigenvalue weighted by atomic mass is 9.96. The molecule has 2 N–H and O–H groups in total. The number of rotatable bonds is 10. The van der Waals surface area contributed by atoms with Gasteiger partial charge in [0.05, 0.1) is 19.7 Å². The van der Waals surface area contributed by atoms with Crippen LogP contribution in [-0.4, -0.2) is 46.7 Å². The van der Waals surface area contributed by atoms with Crippen LogP contribution in [0.5, 0.6) is 0 Å². The summed E-state index contributed by atoms with van der Waals surface area (Å²) >= 11 is 6.09. The van der Waals surface area contributed by atoms with Crippen LogP contribution in [0.1, 0.15) is 55.4 Å². The highest BCUT2D eigenvalue weighted by molar-refractivity contribution is 6.31. The number of H-pyrrole nitrogens is 1. The summed E-state index contributed by atoms with van der Waals surface area (Å²) in [6, 6.07) is 3.03. The molecule has 2 aromatic carbocycles. The zero-order valence-electron chi connectivity index (χ0n) is 21.1. The van der Waals surface area contributed by atoms with E-state index in [1.165, 1.54) is 18.2 Å². The fourth-order valence-electron chi connectivity index (χ4n) is 3.92. The molecule has 3 rings (SSSR count). The number of esters is 1. The number of benzene rings is 2. The number of hydrogen-bond acceptors (Lipinski definition) is 5. The van der Waals surface area contributed by atoms with Crippen molar-refractivity contribution in [2.75, 3.05) is 13.2 Å². The molecule has 0 spiro atoms. The van der Waals surface area contributed by atoms with Gasteiger partial charge < -0.3 is 19.9 Å². The van der Waals surface area contributed by atoms with E-state index in [1.54, 1.807) is 27.7 Å². The third-order valence-corrected chi connectivity index (χ3v) is 5.90. The molecule has 204 valence electrons. The number of ketones is 1. The summed E-state index contributed by atoms with van der Waals surface area (Å²) in [5.41, 5.74) is -1.38. The number of nitrogens with zero attached hydrogens (tertiary/aromatic N) is 1. The van der Waals surface area contributed by atoms with Crippen LogP contribution in [0.4, 0.5) is 17.6 Å². The minimum absolute atomic E-state index is 0.00803. The van der Waals surface area contributed by atoms with E-state index in [9.17, 15) is 31.9 Å². The monoisotopic (exact) mass is 555 g/mol. The normalized spacial score (nSPS) is 12.4. The van der Waals surface area contributed by atoms with Crippen molar-refractivity contribution in [2.24, 2.45) is 0 Å². The highest BCUT2D eigenvalue weighted by atomic mass is 35.5. The first-order valence-electron chi connectivity index (χ1n) is 11.6. The van der Waals surface area contributed by atoms with Crippen LogP contribution < -0.4 is 5.32 Å². The van der Waals surface area contributed by atoms with E-state index in [1.807, 2.05) is 0 Å². The maximum absolute atomic E-state index is 14.5. The number of nitrogens with one attached hydrogen (secondary N) is 2. The molecule has 0 saturated heterocycles. The van der Waals surface area contributed by atoms with Crippen LogP contribution in [0.2, 0.25) is 5.02 Å². The van der Waals surface area contributed by atoms with Crippen LogP contribution in [0.15, 0.2) is 24.3 Å². The second-order valence-electron chi connectivity index (χ2n) is 9.52. The lowest BCUT2D eigenvalue weighted by molar-refractivity contribution is -0.132. The van der Waals surface area contributed by atoms with E-state index in [-0.39, 0.29) is 36.9 Å². The number of carbonyl (C=O) groups is 3. The predicted molar refractivity (Wildman–Crippen MR) is 133 cm³/mol. The van der Waals surface area contributed by atoms with E-state index in [2.05, 4.69) is 10.3 Å². The first-order valence-corrected chi connectivity index (χ1v) is 12.0. The van der Waals surface area contributed by atoms with Gasteiger partial charge >= 0.3 is 5.97 Å². The second kappa shape index (κ2) is 11.5. The van der Waals surface area contributed by atoms with Crippen molar-refractivity contribution in [1.82, 2.24) is 15.2 Å². The first kappa shape index (κ1) is 29.1. The number of aromatic amines is 1. The lowest BCUT2D eigenvalue weighted by Crippen LogP contribution is -2.44. The molecule has 0 aliphatic carbocycles. The summed E-state index contributed by atoms with van der Waals surface area (Å²) in [6.45, 7) is 5.65. The van der Waals surface area contributed by atoms with Gasteiger partial charge in [0, 0.05) is 38.7 Å². The molecule has 1 heterocycles. The number of carbonyl (C=O) groups excluding carboxylic acids is 3. The van der Waals surface area contributed by atoms with Crippen molar-refractivity contribution in [3.05, 3.63) is 69.4 Å². The zero-order chi connectivity index (χ0) is 28.4. The van der Waals surface area contributed by atoms with Gasteiger partial charge in [0.1, 0.15) is 17.6 Å². The van der Waals surface area contributed by atoms with Gasteiger partial charge in [-0.15, -0.1) is 0 Å². The Morgan fingerprint density at radius 2 is 1.82 bits per heavy atom. The second-order valence-corrected chi connectivity index (χ2v) is 9.96. The Morgan fingerprint density at radius 1 is 1.13 bits per heavy atom. The molecule has 3 aromatic rings. The number of fused-ring (bicyclic) bond motifs is 1. The predicted octanol–water partition coefficient (Wildman–Crippen LogP) is 5.21. The average Bonchev–Trinajstić information content (AvgIpc) is 3.21. The number of aromatic nitrogens is 1. The Labute approximate surface area is 221 Å². The number of ether oxygens (including phenoxy) is 1. The van der Waals surface area contributed by atoms with Crippen molar-refractivity contribution in [2.45, 2.75) is 45.8 Å². The van der Waals surface area contributed by atoms with Gasteiger partial charge in [0.25, 0.3) is 0 Å². The Bertz CT molecular complexity index is 1390. The van der Waals surface area contributed by atoms with Crippen LogP contribution in [0.3, 0.4) is 0 Å². The van der Waals surface area contributed by atoms with Gasteiger partial charge in [-0.2, -0.15) is 0 Å². The number of Topliss-reactive ketones (excluding diaryl/α,β-unsaturated/α-hetero) is 1. The lowest BCUT2D eigenvalue weighted by Gasteiger charge is -2.30. The van der Waals surface area contributed by atoms with Crippen LogP contribution in [0, 0.1) is 23.3 Å². The fraction of sp³-hybridized carbons (Fsp3) is 0.346. The summed E-state index contributed by atoms with van der Waals surface area (Å²) in [4.78, 5) is 42.4. The third-order valence-electron chi connectivity index (χ3n) is 5.67. The van der Waals surface area contributed by atoms with Crippen molar-refractivity contribution < 1.29 is 36.7 Å². The zero-order valence-corrected chi connectivity index (χ0v) is 21.8. The number of amides is 1. The fourth-order valence-corrected chi connectivity index (χ4v) is 4.09. The first-order chi connectivity index (χ1) is 17.8. The Balaban J connectivity index is 2.25. The molecule has 7 nitrogen and oxygen atoms in total. The summed E-state index contributed by atoms with van der Waals surface area (Å²) in [5, 5.41) is 3.59. The SMILES string of the molecule is CCOC(=O)c1[nH]c2cc(Cl)ccc2c1C(C(=O)CNC(C)(C)C)N(C=O)Cc1c(F)cc(F)c(F)c1F. The molecule has 0 radical (unpaired) electrons. The van der Waals surface area contributed by atoms with Crippen molar-refractivity contribution in [3.63, 3.8) is 0 Å². The molecule has 0 bridgehead atoms. The van der Waals surface area contributed by atoms with Gasteiger partial charge in [0.15, 0.2) is 23.2 Å². The summed E-state index contributed by atoms with van der Waals surface area (Å²) in [5.74, 6) is -8.49. The van der Waals surface area contributed by atoms with Crippen LogP contribution in [-0.2, 0) is 20.9 Å². The molecule has 1 atom stereocenters. The molecule has 0 aliphatic rings. The van der Waals surface area contributed by atoms with Gasteiger partial charge in [-0.1, -0.05) is 17.7 Å². The molecule has 1 amide bonds. The standard InChI is InChI=1S/C26H26ClF4N3O4/c1-5-38-25(37)23-20(14-7-6-13(27)8-18(14)33-23)24(19(36)10-32-26(2,3)4)34(12-35)11-15-16(28)9-17(29)22(31)21(15)30/h6-9,12,24,32-33H,5,10-11H2,1-4H3. The van der Waals surface area contributed by atoms with Crippen molar-refractivity contribution in [3.8, 4) is 0 Å². The maximum atomic E-state index is 14.5. The van der Waals surface area contributed by atoms with Gasteiger partial charge in [-0.25, -0.2) is 22.4 Å². The topological polar surface area (TPSA) is 91.5 Å². The molecule has 0 aliphatic heterocycles. The van der Waals surface area contributed by atoms with Crippen LogP contribution in [0.25, 0.3) is 10.9 Å². The van der Waals surface area contributed by atoms with E-state index < -0.39 is 58.7 Å². The quantitative estimate of drug-likeness (QED) is 0.118. The maximum Gasteiger partial charge on any atom is 0.355 e. The molecule has 38 heavy (non-hydrogen) atoms. The van der Waals surface area contributed by atoms with E-state index in [0.717, 1.165) is 0 Å². The van der Waals surface area contributed by atoms with Crippen molar-refractivity contribution >= 4 is 40.7 Å². The Morgan fingerprint density at radius 3 is 2.42 bits per heavy atom. The van der Waals surface area contributed by atoms with E-state index >= 15 is 0 Å². The number of hydrogen-bond donors (Lipinski definition) is 2. The molecule has 0 fully saturated rings. The molecule has 1 aromatic heterocycles. The summed E-state index contributed by atoms with van der Waals surface area (Å²) < 4.78 is 61.6. The smallest absolute Gasteiger partial charge is 0.355 e. The van der Waals surface area contributed by atoms with Gasteiger partial charge in [-0.05, 0) is 39.8 Å². The molecule has 12 heteroatoms. The van der Waals surface area contributed by atoms with Crippen molar-refractivity contribution in [1.29, 1.82) is 0 Å². The average molecular weight is 556 g/mol. The molecular formula is C26H26ClF4N3O4. The largest absolute Gasteiger partial charge is 0.461 e. The Hall–Kier alpha value is -3.44. The number of halogens is 5. The van der Waals surface area contributed by atoms with E-state index in [4.69, 9.17) is 16.3 Å². The highest BCUT2D eigenvalue weighted by Gasteiger charge is 2.36. The third kappa shape index (κ3) is 6.16. The van der Waals surface area contributed by atoms with Crippen LogP contribution >= 0.6 is 11.6 Å².